The average molecular weight is 753 g/mol. The molecule has 0 aromatic heterocycles. The van der Waals surface area contributed by atoms with Gasteiger partial charge < -0.3 is 26.0 Å². The number of carbonyl (C=O) groups is 3. The van der Waals surface area contributed by atoms with Crippen molar-refractivity contribution in [3.8, 4) is 11.1 Å². The normalized spacial score (nSPS) is 24.4. The van der Waals surface area contributed by atoms with Crippen molar-refractivity contribution in [2.45, 2.75) is 77.4 Å². The Kier molecular flexibility index (Phi) is 10.6. The molecule has 6 atom stereocenters. The van der Waals surface area contributed by atoms with Crippen LogP contribution in [0.1, 0.15) is 75.5 Å². The topological polar surface area (TPSA) is 138 Å². The highest BCUT2D eigenvalue weighted by Gasteiger charge is 2.52. The molecule has 3 amide bonds. The fourth-order valence-corrected chi connectivity index (χ4v) is 9.82. The minimum atomic E-state index is -0.647. The number of alkyl carbamates (subject to hydrolysis) is 1. The van der Waals surface area contributed by atoms with Crippen molar-refractivity contribution in [3.05, 3.63) is 102 Å². The second-order valence-electron chi connectivity index (χ2n) is 16.5. The molecule has 5 aliphatic rings. The monoisotopic (exact) mass is 752 g/mol. The molecule has 8 rings (SSSR count). The maximum atomic E-state index is 13.6. The SMILES string of the molecule is COC(=O)N[C@H](C(=O)N1CCC[C@H]1C1=NC=C(c2ccc(-c3ccc(C4=CN=C([C@H]5C6CCC(C6)C5C(=O)NCc5cccc(N)c5)C4)cc3)cc2)C1)C(C)C. The molecule has 10 nitrogen and oxygen atoms in total. The van der Waals surface area contributed by atoms with Crippen LogP contribution in [0.5, 0.6) is 0 Å². The Hall–Kier alpha value is -5.51. The molecule has 0 spiro atoms. The van der Waals surface area contributed by atoms with Crippen molar-refractivity contribution < 1.29 is 19.1 Å². The van der Waals surface area contributed by atoms with Gasteiger partial charge in [-0.15, -0.1) is 0 Å². The molecule has 3 fully saturated rings. The second-order valence-corrected chi connectivity index (χ2v) is 16.5. The molecule has 2 saturated carbocycles. The van der Waals surface area contributed by atoms with Gasteiger partial charge in [0.1, 0.15) is 6.04 Å². The maximum absolute atomic E-state index is 13.6. The Labute approximate surface area is 329 Å². The number of amides is 3. The third kappa shape index (κ3) is 7.53. The Morgan fingerprint density at radius 2 is 1.46 bits per heavy atom. The lowest BCUT2D eigenvalue weighted by atomic mass is 9.75. The number of nitrogens with one attached hydrogen (secondary N) is 2. The summed E-state index contributed by atoms with van der Waals surface area (Å²) < 4.78 is 4.78. The van der Waals surface area contributed by atoms with E-state index in [1.165, 1.54) is 19.1 Å². The van der Waals surface area contributed by atoms with Gasteiger partial charge >= 0.3 is 6.09 Å². The van der Waals surface area contributed by atoms with Crippen LogP contribution in [0.25, 0.3) is 22.3 Å². The first-order valence-corrected chi connectivity index (χ1v) is 20.2. The van der Waals surface area contributed by atoms with Gasteiger partial charge in [-0.05, 0) is 101 Å². The van der Waals surface area contributed by atoms with Gasteiger partial charge in [0.15, 0.2) is 0 Å². The number of ether oxygens (including phenoxy) is 1. The molecule has 3 aromatic carbocycles. The Bertz CT molecular complexity index is 2120. The van der Waals surface area contributed by atoms with Crippen LogP contribution in [-0.2, 0) is 20.9 Å². The fraction of sp³-hybridized carbons (Fsp3) is 0.413. The van der Waals surface area contributed by atoms with Crippen molar-refractivity contribution in [2.24, 2.45) is 39.6 Å². The summed E-state index contributed by atoms with van der Waals surface area (Å²) >= 11 is 0. The highest BCUT2D eigenvalue weighted by atomic mass is 16.5. The van der Waals surface area contributed by atoms with Crippen LogP contribution in [0.15, 0.2) is 95.2 Å². The fourth-order valence-electron chi connectivity index (χ4n) is 9.82. The summed E-state index contributed by atoms with van der Waals surface area (Å²) in [5.41, 5.74) is 16.7. The van der Waals surface area contributed by atoms with Crippen molar-refractivity contribution in [2.75, 3.05) is 19.4 Å². The van der Waals surface area contributed by atoms with Crippen molar-refractivity contribution in [1.82, 2.24) is 15.5 Å². The number of rotatable bonds is 11. The summed E-state index contributed by atoms with van der Waals surface area (Å²) in [5.74, 6) is 1.12. The number of likely N-dealkylation sites (tertiary alicyclic amines) is 1. The summed E-state index contributed by atoms with van der Waals surface area (Å²) in [6, 6.07) is 24.3. The van der Waals surface area contributed by atoms with E-state index in [1.54, 1.807) is 0 Å². The third-order valence-electron chi connectivity index (χ3n) is 12.7. The summed E-state index contributed by atoms with van der Waals surface area (Å²) in [4.78, 5) is 50.8. The first kappa shape index (κ1) is 37.4. The van der Waals surface area contributed by atoms with Gasteiger partial charge in [-0.2, -0.15) is 0 Å². The molecule has 3 heterocycles. The zero-order valence-corrected chi connectivity index (χ0v) is 32.5. The number of allylic oxidation sites excluding steroid dienone is 2. The van der Waals surface area contributed by atoms with Crippen LogP contribution in [-0.4, -0.2) is 60.0 Å². The summed E-state index contributed by atoms with van der Waals surface area (Å²) in [6.45, 7) is 4.99. The minimum Gasteiger partial charge on any atom is -0.453 e. The van der Waals surface area contributed by atoms with E-state index in [9.17, 15) is 14.4 Å². The Balaban J connectivity index is 0.862. The van der Waals surface area contributed by atoms with Gasteiger partial charge in [-0.3, -0.25) is 19.6 Å². The molecule has 2 aliphatic carbocycles. The van der Waals surface area contributed by atoms with E-state index in [0.717, 1.165) is 76.9 Å². The summed E-state index contributed by atoms with van der Waals surface area (Å²) in [6.07, 6.45) is 10.0. The first-order chi connectivity index (χ1) is 27.2. The molecule has 3 aromatic rings. The molecule has 3 unspecified atom stereocenters. The van der Waals surface area contributed by atoms with Crippen LogP contribution in [0.2, 0.25) is 0 Å². The standard InChI is InChI=1S/C46H52N6O4/c1-27(2)43(51-46(55)56-3)45(54)52-19-5-8-40(52)38-22-35(25-48-38)31-13-9-29(10-14-31)30-11-15-32(16-12-30)36-23-39(49-26-36)41-33-17-18-34(21-33)42(41)44(53)50-24-28-6-4-7-37(47)20-28/h4,6-7,9-16,20,25-27,33-34,40-43H,5,8,17-19,21-24,47H2,1-3H3,(H,50,53)(H,51,55)/t33?,34?,40-,41+,42?,43-/m0/s1. The molecule has 1 saturated heterocycles. The van der Waals surface area contributed by atoms with E-state index in [-0.39, 0.29) is 35.6 Å². The van der Waals surface area contributed by atoms with Crippen molar-refractivity contribution in [3.63, 3.8) is 0 Å². The van der Waals surface area contributed by atoms with Gasteiger partial charge in [-0.25, -0.2) is 4.79 Å². The van der Waals surface area contributed by atoms with E-state index in [0.29, 0.717) is 37.0 Å². The lowest BCUT2D eigenvalue weighted by molar-refractivity contribution is -0.134. The van der Waals surface area contributed by atoms with E-state index < -0.39 is 12.1 Å². The zero-order chi connectivity index (χ0) is 38.9. The van der Waals surface area contributed by atoms with E-state index >= 15 is 0 Å². The largest absolute Gasteiger partial charge is 0.453 e. The highest BCUT2D eigenvalue weighted by molar-refractivity contribution is 6.04. The lowest BCUT2D eigenvalue weighted by Gasteiger charge is -2.31. The maximum Gasteiger partial charge on any atom is 0.407 e. The number of nitrogen functional groups attached to an aromatic ring is 1. The molecule has 0 radical (unpaired) electrons. The minimum absolute atomic E-state index is 0.0225. The summed E-state index contributed by atoms with van der Waals surface area (Å²) in [7, 11) is 1.31. The number of carbonyl (C=O) groups excluding carboxylic acids is 3. The quantitative estimate of drug-likeness (QED) is 0.173. The van der Waals surface area contributed by atoms with Gasteiger partial charge in [-0.1, -0.05) is 74.5 Å². The van der Waals surface area contributed by atoms with Gasteiger partial charge in [0.2, 0.25) is 11.8 Å². The molecule has 290 valence electrons. The smallest absolute Gasteiger partial charge is 0.407 e. The Morgan fingerprint density at radius 3 is 2.11 bits per heavy atom. The molecule has 56 heavy (non-hydrogen) atoms. The number of benzene rings is 3. The van der Waals surface area contributed by atoms with Crippen LogP contribution >= 0.6 is 0 Å². The number of anilines is 1. The second kappa shape index (κ2) is 15.9. The number of aliphatic imine (C=N–C) groups is 2. The number of nitrogens with two attached hydrogens (primary N) is 1. The molecule has 4 N–H and O–H groups in total. The molecule has 3 aliphatic heterocycles. The number of hydrogen-bond acceptors (Lipinski definition) is 7. The first-order valence-electron chi connectivity index (χ1n) is 20.2. The van der Waals surface area contributed by atoms with Crippen LogP contribution in [0.4, 0.5) is 10.5 Å². The third-order valence-corrected chi connectivity index (χ3v) is 12.7. The molecular weight excluding hydrogens is 701 g/mol. The van der Waals surface area contributed by atoms with E-state index in [2.05, 4.69) is 59.2 Å². The lowest BCUT2D eigenvalue weighted by Crippen LogP contribution is -2.53. The predicted molar refractivity (Wildman–Crippen MR) is 221 cm³/mol. The van der Waals surface area contributed by atoms with Crippen molar-refractivity contribution in [1.29, 1.82) is 0 Å². The number of hydrogen-bond donors (Lipinski definition) is 3. The zero-order valence-electron chi connectivity index (χ0n) is 32.5. The number of methoxy groups -OCH3 is 1. The van der Waals surface area contributed by atoms with Gasteiger partial charge in [0, 0.05) is 67.3 Å². The van der Waals surface area contributed by atoms with Gasteiger partial charge in [0.25, 0.3) is 0 Å². The van der Waals surface area contributed by atoms with E-state index in [1.807, 2.05) is 55.4 Å². The number of nitrogens with zero attached hydrogens (tertiary/aromatic N) is 3. The molecular formula is C46H52N6O4. The van der Waals surface area contributed by atoms with Gasteiger partial charge in [0.05, 0.1) is 13.2 Å². The van der Waals surface area contributed by atoms with Crippen LogP contribution < -0.4 is 16.4 Å². The van der Waals surface area contributed by atoms with Crippen LogP contribution in [0, 0.1) is 29.6 Å². The Morgan fingerprint density at radius 1 is 0.839 bits per heavy atom. The summed E-state index contributed by atoms with van der Waals surface area (Å²) in [5, 5.41) is 5.95. The highest BCUT2D eigenvalue weighted by Crippen LogP contribution is 2.54. The van der Waals surface area contributed by atoms with Crippen LogP contribution in [0.3, 0.4) is 0 Å². The molecule has 2 bridgehead atoms. The average Bonchev–Trinajstić information content (AvgIpc) is 4.07. The van der Waals surface area contributed by atoms with Crippen molar-refractivity contribution >= 4 is 46.2 Å². The predicted octanol–water partition coefficient (Wildman–Crippen LogP) is 7.66. The number of fused-ring (bicyclic) bond motifs is 2. The van der Waals surface area contributed by atoms with E-state index in [4.69, 9.17) is 20.5 Å². The molecule has 10 heteroatoms.